The topological polar surface area (TPSA) is 24.5 Å². The zero-order valence-corrected chi connectivity index (χ0v) is 13.1. The van der Waals surface area contributed by atoms with Crippen molar-refractivity contribution >= 4 is 5.69 Å². The Morgan fingerprint density at radius 2 is 2.25 bits per heavy atom. The lowest BCUT2D eigenvalue weighted by Crippen LogP contribution is -2.22. The van der Waals surface area contributed by atoms with Crippen LogP contribution < -0.4 is 10.2 Å². The molecule has 112 valence electrons. The molecule has 0 saturated heterocycles. The molecule has 3 nitrogen and oxygen atoms in total. The molecule has 0 aliphatic carbocycles. The van der Waals surface area contributed by atoms with Gasteiger partial charge in [0.1, 0.15) is 0 Å². The maximum absolute atomic E-state index is 5.14. The van der Waals surface area contributed by atoms with Crippen LogP contribution in [0.25, 0.3) is 0 Å². The van der Waals surface area contributed by atoms with E-state index in [0.717, 1.165) is 32.7 Å². The number of nitrogens with one attached hydrogen (secondary N) is 1. The Morgan fingerprint density at radius 3 is 3.00 bits per heavy atom. The van der Waals surface area contributed by atoms with Crippen molar-refractivity contribution in [3.05, 3.63) is 29.3 Å². The third-order valence-corrected chi connectivity index (χ3v) is 4.07. The molecule has 1 aromatic rings. The minimum Gasteiger partial charge on any atom is -0.385 e. The largest absolute Gasteiger partial charge is 0.385 e. The second-order valence-electron chi connectivity index (χ2n) is 5.65. The van der Waals surface area contributed by atoms with Gasteiger partial charge in [-0.25, -0.2) is 0 Å². The predicted octanol–water partition coefficient (Wildman–Crippen LogP) is 3.15. The van der Waals surface area contributed by atoms with Gasteiger partial charge in [-0.1, -0.05) is 19.1 Å². The molecule has 1 atom stereocenters. The number of ether oxygens (including phenoxy) is 1. The Kier molecular flexibility index (Phi) is 5.86. The molecule has 1 aliphatic rings. The second kappa shape index (κ2) is 7.65. The number of benzene rings is 1. The molecular weight excluding hydrogens is 248 g/mol. The van der Waals surface area contributed by atoms with Gasteiger partial charge in [-0.15, -0.1) is 0 Å². The minimum atomic E-state index is 0.447. The van der Waals surface area contributed by atoms with Crippen molar-refractivity contribution in [1.82, 2.24) is 5.32 Å². The standard InChI is InChI=1S/C17H28N2O/c1-4-9-18-14(2)15-6-7-17-16(13-15)8-11-19(17)10-5-12-20-3/h6-7,13-14,18H,4-5,8-12H2,1-3H3. The summed E-state index contributed by atoms with van der Waals surface area (Å²) < 4.78 is 5.14. The molecule has 0 radical (unpaired) electrons. The third-order valence-electron chi connectivity index (χ3n) is 4.07. The van der Waals surface area contributed by atoms with Gasteiger partial charge in [-0.3, -0.25) is 0 Å². The lowest BCUT2D eigenvalue weighted by molar-refractivity contribution is 0.196. The van der Waals surface area contributed by atoms with E-state index in [1.54, 1.807) is 7.11 Å². The average Bonchev–Trinajstić information content (AvgIpc) is 2.87. The number of nitrogens with zero attached hydrogens (tertiary/aromatic N) is 1. The Hall–Kier alpha value is -1.06. The first-order valence-electron chi connectivity index (χ1n) is 7.86. The highest BCUT2D eigenvalue weighted by atomic mass is 16.5. The summed E-state index contributed by atoms with van der Waals surface area (Å²) in [7, 11) is 1.77. The van der Waals surface area contributed by atoms with Crippen molar-refractivity contribution in [2.75, 3.05) is 38.3 Å². The van der Waals surface area contributed by atoms with Gasteiger partial charge in [0, 0.05) is 38.5 Å². The van der Waals surface area contributed by atoms with Crippen molar-refractivity contribution in [3.8, 4) is 0 Å². The zero-order valence-electron chi connectivity index (χ0n) is 13.1. The van der Waals surface area contributed by atoms with Crippen LogP contribution in [-0.4, -0.2) is 33.4 Å². The van der Waals surface area contributed by atoms with Crippen LogP contribution in [0.5, 0.6) is 0 Å². The smallest absolute Gasteiger partial charge is 0.0479 e. The molecule has 1 aromatic carbocycles. The Bertz CT molecular complexity index is 419. The first-order chi connectivity index (χ1) is 9.76. The summed E-state index contributed by atoms with van der Waals surface area (Å²) in [5, 5.41) is 3.56. The Balaban J connectivity index is 1.99. The van der Waals surface area contributed by atoms with Gasteiger partial charge in [-0.05, 0) is 49.9 Å². The van der Waals surface area contributed by atoms with Crippen molar-refractivity contribution < 1.29 is 4.74 Å². The average molecular weight is 276 g/mol. The lowest BCUT2D eigenvalue weighted by Gasteiger charge is -2.20. The number of fused-ring (bicyclic) bond motifs is 1. The number of hydrogen-bond donors (Lipinski definition) is 1. The van der Waals surface area contributed by atoms with Gasteiger partial charge < -0.3 is 15.0 Å². The molecule has 0 spiro atoms. The summed E-state index contributed by atoms with van der Waals surface area (Å²) in [5.74, 6) is 0. The van der Waals surface area contributed by atoms with Crippen LogP contribution in [0.3, 0.4) is 0 Å². The van der Waals surface area contributed by atoms with E-state index in [0.29, 0.717) is 6.04 Å². The van der Waals surface area contributed by atoms with E-state index in [1.165, 1.54) is 29.7 Å². The van der Waals surface area contributed by atoms with Gasteiger partial charge in [-0.2, -0.15) is 0 Å². The molecule has 1 heterocycles. The number of anilines is 1. The summed E-state index contributed by atoms with van der Waals surface area (Å²) in [6.45, 7) is 8.65. The molecule has 0 bridgehead atoms. The van der Waals surface area contributed by atoms with Gasteiger partial charge in [0.2, 0.25) is 0 Å². The van der Waals surface area contributed by atoms with E-state index in [9.17, 15) is 0 Å². The number of hydrogen-bond acceptors (Lipinski definition) is 3. The molecule has 1 aliphatic heterocycles. The monoisotopic (exact) mass is 276 g/mol. The summed E-state index contributed by atoms with van der Waals surface area (Å²) in [4.78, 5) is 2.49. The fraction of sp³-hybridized carbons (Fsp3) is 0.647. The molecule has 0 aromatic heterocycles. The fourth-order valence-corrected chi connectivity index (χ4v) is 2.87. The molecule has 0 amide bonds. The Morgan fingerprint density at radius 1 is 1.40 bits per heavy atom. The molecular formula is C17H28N2O. The first-order valence-corrected chi connectivity index (χ1v) is 7.86. The van der Waals surface area contributed by atoms with Gasteiger partial charge in [0.05, 0.1) is 0 Å². The highest BCUT2D eigenvalue weighted by Crippen LogP contribution is 2.30. The SMILES string of the molecule is CCCNC(C)c1ccc2c(c1)CCN2CCCOC. The van der Waals surface area contributed by atoms with Crippen molar-refractivity contribution in [3.63, 3.8) is 0 Å². The van der Waals surface area contributed by atoms with Crippen LogP contribution in [0.2, 0.25) is 0 Å². The molecule has 2 rings (SSSR count). The van der Waals surface area contributed by atoms with Crippen LogP contribution in [0.4, 0.5) is 5.69 Å². The fourth-order valence-electron chi connectivity index (χ4n) is 2.87. The van der Waals surface area contributed by atoms with Crippen LogP contribution in [0.1, 0.15) is 43.9 Å². The van der Waals surface area contributed by atoms with Crippen molar-refractivity contribution in [2.24, 2.45) is 0 Å². The van der Waals surface area contributed by atoms with Gasteiger partial charge in [0.25, 0.3) is 0 Å². The van der Waals surface area contributed by atoms with E-state index in [4.69, 9.17) is 4.74 Å². The van der Waals surface area contributed by atoms with E-state index in [1.807, 2.05) is 0 Å². The molecule has 1 N–H and O–H groups in total. The maximum Gasteiger partial charge on any atom is 0.0479 e. The molecule has 0 fully saturated rings. The molecule has 1 unspecified atom stereocenters. The van der Waals surface area contributed by atoms with E-state index < -0.39 is 0 Å². The highest BCUT2D eigenvalue weighted by Gasteiger charge is 2.19. The summed E-state index contributed by atoms with van der Waals surface area (Å²) in [6.07, 6.45) is 3.46. The molecule has 3 heteroatoms. The third kappa shape index (κ3) is 3.74. The lowest BCUT2D eigenvalue weighted by atomic mass is 10.0. The van der Waals surface area contributed by atoms with Crippen LogP contribution in [0, 0.1) is 0 Å². The normalized spacial score (nSPS) is 15.4. The summed E-state index contributed by atoms with van der Waals surface area (Å²) >= 11 is 0. The zero-order chi connectivity index (χ0) is 14.4. The molecule has 0 saturated carbocycles. The summed E-state index contributed by atoms with van der Waals surface area (Å²) in [5.41, 5.74) is 4.34. The van der Waals surface area contributed by atoms with Crippen LogP contribution in [0.15, 0.2) is 18.2 Å². The number of rotatable bonds is 8. The molecule has 20 heavy (non-hydrogen) atoms. The van der Waals surface area contributed by atoms with Crippen molar-refractivity contribution in [2.45, 2.75) is 39.2 Å². The van der Waals surface area contributed by atoms with Gasteiger partial charge >= 0.3 is 0 Å². The predicted molar refractivity (Wildman–Crippen MR) is 85.6 cm³/mol. The van der Waals surface area contributed by atoms with E-state index in [-0.39, 0.29) is 0 Å². The Labute approximate surface area is 123 Å². The quantitative estimate of drug-likeness (QED) is 0.738. The second-order valence-corrected chi connectivity index (χ2v) is 5.65. The van der Waals surface area contributed by atoms with Crippen LogP contribution in [-0.2, 0) is 11.2 Å². The van der Waals surface area contributed by atoms with Crippen LogP contribution >= 0.6 is 0 Å². The minimum absolute atomic E-state index is 0.447. The van der Waals surface area contributed by atoms with E-state index >= 15 is 0 Å². The maximum atomic E-state index is 5.14. The summed E-state index contributed by atoms with van der Waals surface area (Å²) in [6, 6.07) is 7.41. The number of methoxy groups -OCH3 is 1. The van der Waals surface area contributed by atoms with Gasteiger partial charge in [0.15, 0.2) is 0 Å². The van der Waals surface area contributed by atoms with E-state index in [2.05, 4.69) is 42.3 Å². The highest BCUT2D eigenvalue weighted by molar-refractivity contribution is 5.59. The first kappa shape index (κ1) is 15.3. The van der Waals surface area contributed by atoms with Crippen molar-refractivity contribution in [1.29, 1.82) is 0 Å².